The van der Waals surface area contributed by atoms with Gasteiger partial charge in [-0.25, -0.2) is 0 Å². The zero-order valence-corrected chi connectivity index (χ0v) is 13.7. The Morgan fingerprint density at radius 2 is 2.13 bits per heavy atom. The van der Waals surface area contributed by atoms with Gasteiger partial charge in [-0.05, 0) is 42.3 Å². The third-order valence-electron chi connectivity index (χ3n) is 4.11. The minimum Gasteiger partial charge on any atom is -0.356 e. The van der Waals surface area contributed by atoms with Crippen LogP contribution in [0, 0.1) is 5.92 Å². The first-order valence-electron chi connectivity index (χ1n) is 7.90. The lowest BCUT2D eigenvalue weighted by atomic mass is 9.89. The van der Waals surface area contributed by atoms with Gasteiger partial charge in [0.15, 0.2) is 0 Å². The van der Waals surface area contributed by atoms with Gasteiger partial charge >= 0.3 is 0 Å². The molecule has 0 saturated carbocycles. The molecule has 2 heterocycles. The molecule has 1 aliphatic rings. The van der Waals surface area contributed by atoms with Crippen molar-refractivity contribution in [1.82, 2.24) is 5.32 Å². The van der Waals surface area contributed by atoms with Crippen molar-refractivity contribution in [3.05, 3.63) is 52.2 Å². The molecule has 2 amide bonds. The predicted molar refractivity (Wildman–Crippen MR) is 92.5 cm³/mol. The van der Waals surface area contributed by atoms with E-state index in [9.17, 15) is 9.59 Å². The molecular weight excluding hydrogens is 308 g/mol. The molecule has 3 rings (SSSR count). The molecule has 5 heteroatoms. The van der Waals surface area contributed by atoms with Gasteiger partial charge in [0.05, 0.1) is 0 Å². The monoisotopic (exact) mass is 328 g/mol. The van der Waals surface area contributed by atoms with E-state index >= 15 is 0 Å². The quantitative estimate of drug-likeness (QED) is 0.856. The molecule has 0 radical (unpaired) electrons. The van der Waals surface area contributed by atoms with E-state index in [0.29, 0.717) is 25.8 Å². The molecular formula is C18H20N2O2S. The maximum Gasteiger partial charge on any atom is 0.227 e. The third kappa shape index (κ3) is 4.20. The van der Waals surface area contributed by atoms with Crippen LogP contribution in [0.15, 0.2) is 41.8 Å². The minimum absolute atomic E-state index is 0.0215. The lowest BCUT2D eigenvalue weighted by Gasteiger charge is -2.24. The molecule has 0 bridgehead atoms. The van der Waals surface area contributed by atoms with Crippen LogP contribution in [0.2, 0.25) is 0 Å². The van der Waals surface area contributed by atoms with Crippen molar-refractivity contribution in [2.45, 2.75) is 25.7 Å². The topological polar surface area (TPSA) is 58.2 Å². The first-order valence-corrected chi connectivity index (χ1v) is 8.78. The summed E-state index contributed by atoms with van der Waals surface area (Å²) >= 11 is 1.70. The lowest BCUT2D eigenvalue weighted by Crippen LogP contribution is -2.32. The zero-order chi connectivity index (χ0) is 16.1. The Kier molecular flexibility index (Phi) is 5.08. The van der Waals surface area contributed by atoms with E-state index in [1.54, 1.807) is 11.3 Å². The molecule has 1 aromatic heterocycles. The number of para-hydroxylation sites is 1. The Balaban J connectivity index is 1.43. The van der Waals surface area contributed by atoms with Gasteiger partial charge in [0.1, 0.15) is 0 Å². The van der Waals surface area contributed by atoms with Crippen LogP contribution in [-0.2, 0) is 22.4 Å². The van der Waals surface area contributed by atoms with E-state index in [4.69, 9.17) is 0 Å². The Morgan fingerprint density at radius 3 is 2.96 bits per heavy atom. The second-order valence-electron chi connectivity index (χ2n) is 5.77. The second kappa shape index (κ2) is 7.42. The summed E-state index contributed by atoms with van der Waals surface area (Å²) in [6, 6.07) is 11.9. The van der Waals surface area contributed by atoms with Crippen LogP contribution in [0.3, 0.4) is 0 Å². The van der Waals surface area contributed by atoms with Crippen molar-refractivity contribution in [1.29, 1.82) is 0 Å². The number of benzene rings is 1. The Labute approximate surface area is 139 Å². The SMILES string of the molecule is O=C(CCC1Cc2ccccc2NC1=O)NCCc1cccs1. The summed E-state index contributed by atoms with van der Waals surface area (Å²) in [5.74, 6) is -0.0729. The first kappa shape index (κ1) is 15.7. The van der Waals surface area contributed by atoms with Crippen molar-refractivity contribution in [2.75, 3.05) is 11.9 Å². The number of thiophene rings is 1. The van der Waals surface area contributed by atoms with Crippen molar-refractivity contribution in [2.24, 2.45) is 5.92 Å². The molecule has 2 aromatic rings. The lowest BCUT2D eigenvalue weighted by molar-refractivity contribution is -0.122. The van der Waals surface area contributed by atoms with Crippen LogP contribution in [0.25, 0.3) is 0 Å². The fourth-order valence-electron chi connectivity index (χ4n) is 2.82. The minimum atomic E-state index is -0.118. The molecule has 1 aromatic carbocycles. The maximum absolute atomic E-state index is 12.1. The number of nitrogens with one attached hydrogen (secondary N) is 2. The fraction of sp³-hybridized carbons (Fsp3) is 0.333. The summed E-state index contributed by atoms with van der Waals surface area (Å²) in [4.78, 5) is 25.3. The molecule has 0 spiro atoms. The van der Waals surface area contributed by atoms with E-state index in [1.807, 2.05) is 35.7 Å². The van der Waals surface area contributed by atoms with E-state index in [1.165, 1.54) is 4.88 Å². The summed E-state index contributed by atoms with van der Waals surface area (Å²) in [6.07, 6.45) is 2.56. The van der Waals surface area contributed by atoms with E-state index in [-0.39, 0.29) is 17.7 Å². The van der Waals surface area contributed by atoms with E-state index < -0.39 is 0 Å². The number of hydrogen-bond acceptors (Lipinski definition) is 3. The molecule has 1 atom stereocenters. The van der Waals surface area contributed by atoms with Crippen LogP contribution in [-0.4, -0.2) is 18.4 Å². The molecule has 1 unspecified atom stereocenters. The number of rotatable bonds is 6. The van der Waals surface area contributed by atoms with Crippen LogP contribution >= 0.6 is 11.3 Å². The van der Waals surface area contributed by atoms with Gasteiger partial charge in [-0.3, -0.25) is 9.59 Å². The number of carbonyl (C=O) groups excluding carboxylic acids is 2. The van der Waals surface area contributed by atoms with Crippen LogP contribution in [0.4, 0.5) is 5.69 Å². The van der Waals surface area contributed by atoms with E-state index in [2.05, 4.69) is 16.7 Å². The zero-order valence-electron chi connectivity index (χ0n) is 12.9. The average Bonchev–Trinajstić information content (AvgIpc) is 3.06. The van der Waals surface area contributed by atoms with Gasteiger partial charge in [0.2, 0.25) is 11.8 Å². The highest BCUT2D eigenvalue weighted by atomic mass is 32.1. The maximum atomic E-state index is 12.1. The number of anilines is 1. The standard InChI is InChI=1S/C18H20N2O2S/c21-17(19-10-9-15-5-3-11-23-15)8-7-14-12-13-4-1-2-6-16(13)20-18(14)22/h1-6,11,14H,7-10,12H2,(H,19,21)(H,20,22). The summed E-state index contributed by atoms with van der Waals surface area (Å²) in [5.41, 5.74) is 2.05. The normalized spacial score (nSPS) is 16.5. The highest BCUT2D eigenvalue weighted by molar-refractivity contribution is 7.09. The van der Waals surface area contributed by atoms with Gasteiger partial charge in [0.25, 0.3) is 0 Å². The average molecular weight is 328 g/mol. The number of amides is 2. The van der Waals surface area contributed by atoms with Gasteiger partial charge in [-0.1, -0.05) is 24.3 Å². The van der Waals surface area contributed by atoms with Crippen LogP contribution in [0.1, 0.15) is 23.3 Å². The predicted octanol–water partition coefficient (Wildman–Crippen LogP) is 3.00. The van der Waals surface area contributed by atoms with Crippen LogP contribution < -0.4 is 10.6 Å². The smallest absolute Gasteiger partial charge is 0.227 e. The van der Waals surface area contributed by atoms with Gasteiger partial charge < -0.3 is 10.6 Å². The highest BCUT2D eigenvalue weighted by Gasteiger charge is 2.26. The molecule has 1 aliphatic heterocycles. The Hall–Kier alpha value is -2.14. The summed E-state index contributed by atoms with van der Waals surface area (Å²) < 4.78 is 0. The number of fused-ring (bicyclic) bond motifs is 1. The molecule has 23 heavy (non-hydrogen) atoms. The molecule has 120 valence electrons. The van der Waals surface area contributed by atoms with Crippen LogP contribution in [0.5, 0.6) is 0 Å². The molecule has 4 nitrogen and oxygen atoms in total. The van der Waals surface area contributed by atoms with Crippen molar-refractivity contribution in [3.63, 3.8) is 0 Å². The van der Waals surface area contributed by atoms with Crippen molar-refractivity contribution >= 4 is 28.8 Å². The molecule has 0 fully saturated rings. The van der Waals surface area contributed by atoms with E-state index in [0.717, 1.165) is 17.7 Å². The van der Waals surface area contributed by atoms with Crippen molar-refractivity contribution in [3.8, 4) is 0 Å². The third-order valence-corrected chi connectivity index (χ3v) is 5.04. The first-order chi connectivity index (χ1) is 11.2. The summed E-state index contributed by atoms with van der Waals surface area (Å²) in [5, 5.41) is 7.90. The summed E-state index contributed by atoms with van der Waals surface area (Å²) in [6.45, 7) is 0.652. The van der Waals surface area contributed by atoms with Crippen molar-refractivity contribution < 1.29 is 9.59 Å². The summed E-state index contributed by atoms with van der Waals surface area (Å²) in [7, 11) is 0. The molecule has 0 saturated heterocycles. The fourth-order valence-corrected chi connectivity index (χ4v) is 3.53. The number of hydrogen-bond donors (Lipinski definition) is 2. The van der Waals surface area contributed by atoms with Gasteiger partial charge in [0, 0.05) is 29.4 Å². The Bertz CT molecular complexity index is 682. The second-order valence-corrected chi connectivity index (χ2v) is 6.80. The Morgan fingerprint density at radius 1 is 1.26 bits per heavy atom. The molecule has 2 N–H and O–H groups in total. The number of carbonyl (C=O) groups is 2. The van der Waals surface area contributed by atoms with Gasteiger partial charge in [-0.2, -0.15) is 0 Å². The molecule has 0 aliphatic carbocycles. The highest BCUT2D eigenvalue weighted by Crippen LogP contribution is 2.27. The van der Waals surface area contributed by atoms with Gasteiger partial charge in [-0.15, -0.1) is 11.3 Å². The largest absolute Gasteiger partial charge is 0.356 e.